The van der Waals surface area contributed by atoms with Crippen molar-refractivity contribution < 1.29 is 9.53 Å². The van der Waals surface area contributed by atoms with Gasteiger partial charge in [0.1, 0.15) is 0 Å². The zero-order chi connectivity index (χ0) is 12.3. The van der Waals surface area contributed by atoms with Crippen LogP contribution in [0.2, 0.25) is 0 Å². The zero-order valence-corrected chi connectivity index (χ0v) is 10.5. The minimum Gasteiger partial charge on any atom is -0.461 e. The van der Waals surface area contributed by atoms with E-state index in [0.717, 1.165) is 4.88 Å². The summed E-state index contributed by atoms with van der Waals surface area (Å²) in [5, 5.41) is 0. The van der Waals surface area contributed by atoms with Gasteiger partial charge in [-0.2, -0.15) is 0 Å². The molecule has 2 aromatic heterocycles. The average molecular weight is 251 g/mol. The van der Waals surface area contributed by atoms with Crippen molar-refractivity contribution in [1.82, 2.24) is 14.5 Å². The number of rotatable bonds is 4. The summed E-state index contributed by atoms with van der Waals surface area (Å²) < 4.78 is 6.76. The van der Waals surface area contributed by atoms with Gasteiger partial charge in [0.05, 0.1) is 24.5 Å². The Balaban J connectivity index is 2.15. The minimum atomic E-state index is -0.386. The Labute approximate surface area is 103 Å². The number of ether oxygens (including phenoxy) is 1. The highest BCUT2D eigenvalue weighted by molar-refractivity contribution is 7.09. The zero-order valence-electron chi connectivity index (χ0n) is 9.66. The lowest BCUT2D eigenvalue weighted by molar-refractivity contribution is 0.0520. The Morgan fingerprint density at radius 2 is 2.47 bits per heavy atom. The Morgan fingerprint density at radius 3 is 3.12 bits per heavy atom. The Morgan fingerprint density at radius 1 is 1.65 bits per heavy atom. The predicted molar refractivity (Wildman–Crippen MR) is 64.1 cm³/mol. The fourth-order valence-electron chi connectivity index (χ4n) is 1.44. The molecule has 0 aliphatic rings. The van der Waals surface area contributed by atoms with Gasteiger partial charge in [0, 0.05) is 17.3 Å². The maximum absolute atomic E-state index is 11.5. The summed E-state index contributed by atoms with van der Waals surface area (Å²) in [7, 11) is 0. The number of hydrogen-bond donors (Lipinski definition) is 0. The van der Waals surface area contributed by atoms with E-state index in [1.807, 2.05) is 17.7 Å². The smallest absolute Gasteiger partial charge is 0.358 e. The molecule has 0 saturated heterocycles. The summed E-state index contributed by atoms with van der Waals surface area (Å²) >= 11 is 1.58. The molecule has 90 valence electrons. The van der Waals surface area contributed by atoms with Crippen molar-refractivity contribution in [3.05, 3.63) is 34.8 Å². The van der Waals surface area contributed by atoms with E-state index in [2.05, 4.69) is 9.97 Å². The highest BCUT2D eigenvalue weighted by atomic mass is 32.1. The summed E-state index contributed by atoms with van der Waals surface area (Å²) in [6.07, 6.45) is 5.15. The Kier molecular flexibility index (Phi) is 3.53. The van der Waals surface area contributed by atoms with Crippen molar-refractivity contribution in [3.63, 3.8) is 0 Å². The first-order valence-electron chi connectivity index (χ1n) is 5.31. The first-order valence-corrected chi connectivity index (χ1v) is 6.19. The number of thiazole rings is 1. The van der Waals surface area contributed by atoms with Crippen LogP contribution in [0.1, 0.15) is 35.3 Å². The molecule has 0 spiro atoms. The van der Waals surface area contributed by atoms with Crippen molar-refractivity contribution in [2.24, 2.45) is 0 Å². The van der Waals surface area contributed by atoms with Crippen molar-refractivity contribution in [1.29, 1.82) is 0 Å². The van der Waals surface area contributed by atoms with Gasteiger partial charge >= 0.3 is 5.97 Å². The van der Waals surface area contributed by atoms with Crippen LogP contribution in [0.5, 0.6) is 0 Å². The molecule has 2 rings (SSSR count). The molecule has 0 radical (unpaired) electrons. The van der Waals surface area contributed by atoms with Crippen molar-refractivity contribution in [2.45, 2.75) is 19.9 Å². The fourth-order valence-corrected chi connectivity index (χ4v) is 2.12. The molecular formula is C11H13N3O2S. The highest BCUT2D eigenvalue weighted by Gasteiger charge is 2.14. The van der Waals surface area contributed by atoms with Gasteiger partial charge in [-0.3, -0.25) is 4.98 Å². The van der Waals surface area contributed by atoms with E-state index in [1.165, 1.54) is 0 Å². The van der Waals surface area contributed by atoms with Crippen LogP contribution in [0.3, 0.4) is 0 Å². The Bertz CT molecular complexity index is 493. The van der Waals surface area contributed by atoms with Crippen LogP contribution in [0.4, 0.5) is 0 Å². The molecule has 2 heterocycles. The van der Waals surface area contributed by atoms with Crippen LogP contribution in [-0.4, -0.2) is 27.1 Å². The first-order chi connectivity index (χ1) is 8.22. The monoisotopic (exact) mass is 251 g/mol. The first kappa shape index (κ1) is 11.8. The molecule has 1 atom stereocenters. The van der Waals surface area contributed by atoms with Gasteiger partial charge < -0.3 is 9.30 Å². The van der Waals surface area contributed by atoms with Crippen LogP contribution in [0.15, 0.2) is 24.2 Å². The number of nitrogens with zero attached hydrogens (tertiary/aromatic N) is 3. The summed E-state index contributed by atoms with van der Waals surface area (Å²) in [5.41, 5.74) is 2.12. The second-order valence-corrected chi connectivity index (χ2v) is 4.42. The normalized spacial score (nSPS) is 12.4. The second kappa shape index (κ2) is 5.09. The highest BCUT2D eigenvalue weighted by Crippen LogP contribution is 2.21. The average Bonchev–Trinajstić information content (AvgIpc) is 3.00. The quantitative estimate of drug-likeness (QED) is 0.781. The number of carbonyl (C=O) groups is 1. The van der Waals surface area contributed by atoms with E-state index in [1.54, 1.807) is 36.3 Å². The largest absolute Gasteiger partial charge is 0.461 e. The second-order valence-electron chi connectivity index (χ2n) is 3.51. The third-order valence-corrected chi connectivity index (χ3v) is 3.34. The van der Waals surface area contributed by atoms with E-state index < -0.39 is 0 Å². The van der Waals surface area contributed by atoms with E-state index in [4.69, 9.17) is 4.74 Å². The van der Waals surface area contributed by atoms with Crippen molar-refractivity contribution in [2.75, 3.05) is 6.61 Å². The molecule has 17 heavy (non-hydrogen) atoms. The van der Waals surface area contributed by atoms with Gasteiger partial charge in [0.2, 0.25) is 0 Å². The molecule has 2 aromatic rings. The minimum absolute atomic E-state index is 0.123. The van der Waals surface area contributed by atoms with Crippen LogP contribution in [-0.2, 0) is 4.74 Å². The summed E-state index contributed by atoms with van der Waals surface area (Å²) in [6, 6.07) is 0.123. The lowest BCUT2D eigenvalue weighted by Gasteiger charge is -2.09. The van der Waals surface area contributed by atoms with Gasteiger partial charge in [-0.1, -0.05) is 0 Å². The van der Waals surface area contributed by atoms with Crippen LogP contribution in [0.25, 0.3) is 0 Å². The summed E-state index contributed by atoms with van der Waals surface area (Å²) in [5.74, 6) is -0.386. The molecule has 0 N–H and O–H groups in total. The molecule has 0 aliphatic heterocycles. The topological polar surface area (TPSA) is 57.0 Å². The van der Waals surface area contributed by atoms with E-state index in [9.17, 15) is 4.79 Å². The van der Waals surface area contributed by atoms with Crippen molar-refractivity contribution >= 4 is 17.3 Å². The van der Waals surface area contributed by atoms with Crippen molar-refractivity contribution in [3.8, 4) is 0 Å². The molecule has 0 saturated carbocycles. The summed E-state index contributed by atoms with van der Waals surface area (Å²) in [4.78, 5) is 20.7. The maximum Gasteiger partial charge on any atom is 0.358 e. The number of hydrogen-bond acceptors (Lipinski definition) is 5. The van der Waals surface area contributed by atoms with E-state index in [0.29, 0.717) is 12.3 Å². The van der Waals surface area contributed by atoms with Gasteiger partial charge in [0.15, 0.2) is 5.69 Å². The van der Waals surface area contributed by atoms with Crippen LogP contribution >= 0.6 is 11.3 Å². The number of imidazole rings is 1. The molecule has 0 amide bonds. The fraction of sp³-hybridized carbons (Fsp3) is 0.364. The lowest BCUT2D eigenvalue weighted by atomic mass is 10.3. The van der Waals surface area contributed by atoms with E-state index >= 15 is 0 Å². The molecule has 0 aromatic carbocycles. The molecular weight excluding hydrogens is 238 g/mol. The van der Waals surface area contributed by atoms with Gasteiger partial charge in [0.25, 0.3) is 0 Å². The molecule has 6 heteroatoms. The number of aromatic nitrogens is 3. The van der Waals surface area contributed by atoms with Crippen LogP contribution < -0.4 is 0 Å². The molecule has 0 aliphatic carbocycles. The molecule has 0 bridgehead atoms. The van der Waals surface area contributed by atoms with E-state index in [-0.39, 0.29) is 12.0 Å². The van der Waals surface area contributed by atoms with Gasteiger partial charge in [-0.15, -0.1) is 11.3 Å². The van der Waals surface area contributed by atoms with Gasteiger partial charge in [-0.25, -0.2) is 9.78 Å². The summed E-state index contributed by atoms with van der Waals surface area (Å²) in [6.45, 7) is 4.16. The standard InChI is InChI=1S/C11H13N3O2S/c1-3-16-11(15)9-5-14(6-13-9)8(2)10-4-12-7-17-10/h4-8H,3H2,1-2H3/t8-/m0/s1. The van der Waals surface area contributed by atoms with Crippen LogP contribution in [0, 0.1) is 0 Å². The Hall–Kier alpha value is -1.69. The third-order valence-electron chi connectivity index (χ3n) is 2.40. The number of esters is 1. The SMILES string of the molecule is CCOC(=O)c1cn([C@@H](C)c2cncs2)cn1. The predicted octanol–water partition coefficient (Wildman–Crippen LogP) is 2.13. The molecule has 0 unspecified atom stereocenters. The maximum atomic E-state index is 11.5. The molecule has 5 nitrogen and oxygen atoms in total. The lowest BCUT2D eigenvalue weighted by Crippen LogP contribution is -2.06. The van der Waals surface area contributed by atoms with Gasteiger partial charge in [-0.05, 0) is 13.8 Å². The third kappa shape index (κ3) is 2.52. The molecule has 0 fully saturated rings. The number of carbonyl (C=O) groups excluding carboxylic acids is 1.